The quantitative estimate of drug-likeness (QED) is 0.773. The number of anilines is 1. The highest BCUT2D eigenvalue weighted by atomic mass is 32.3. The molecule has 1 aromatic carbocycles. The van der Waals surface area contributed by atoms with E-state index in [2.05, 4.69) is 0 Å². The van der Waals surface area contributed by atoms with Gasteiger partial charge in [-0.1, -0.05) is 12.1 Å². The second kappa shape index (κ2) is 5.34. The first kappa shape index (κ1) is 15.3. The van der Waals surface area contributed by atoms with Crippen LogP contribution in [0, 0.1) is 0 Å². The minimum Gasteiger partial charge on any atom is -0.399 e. The number of sulfonamides is 1. The number of benzene rings is 1. The molecule has 0 aromatic heterocycles. The average Bonchev–Trinajstić information content (AvgIpc) is 3.08. The summed E-state index contributed by atoms with van der Waals surface area (Å²) in [4.78, 5) is 0. The van der Waals surface area contributed by atoms with Gasteiger partial charge in [0.1, 0.15) is 0 Å². The number of hydrogen-bond donors (Lipinski definition) is 1. The van der Waals surface area contributed by atoms with Crippen LogP contribution >= 0.6 is 0 Å². The van der Waals surface area contributed by atoms with Crippen molar-refractivity contribution >= 4 is 25.5 Å². The van der Waals surface area contributed by atoms with Gasteiger partial charge in [-0.05, 0) is 30.5 Å². The van der Waals surface area contributed by atoms with Crippen molar-refractivity contribution in [3.63, 3.8) is 0 Å². The SMILES string of the molecule is CS(=O)(=O)CS(=O)(=O)N(Cc1ccc(N)cc1)C1CC1. The molecular formula is C12H18N2O4S2. The zero-order chi connectivity index (χ0) is 15.0. The van der Waals surface area contributed by atoms with E-state index in [1.807, 2.05) is 0 Å². The number of rotatable bonds is 6. The second-order valence-electron chi connectivity index (χ2n) is 5.17. The molecule has 20 heavy (non-hydrogen) atoms. The summed E-state index contributed by atoms with van der Waals surface area (Å²) in [5.41, 5.74) is 6.98. The Bertz CT molecular complexity index is 677. The summed E-state index contributed by atoms with van der Waals surface area (Å²) in [7, 11) is -7.39. The molecule has 0 spiro atoms. The molecule has 1 fully saturated rings. The summed E-state index contributed by atoms with van der Waals surface area (Å²) in [6.45, 7) is 0.183. The molecular weight excluding hydrogens is 300 g/mol. The predicted molar refractivity (Wildman–Crippen MR) is 78.1 cm³/mol. The zero-order valence-electron chi connectivity index (χ0n) is 11.2. The third kappa shape index (κ3) is 4.19. The molecule has 1 aliphatic rings. The normalized spacial score (nSPS) is 16.5. The maximum atomic E-state index is 12.2. The van der Waals surface area contributed by atoms with Crippen LogP contribution in [-0.4, -0.2) is 38.5 Å². The summed E-state index contributed by atoms with van der Waals surface area (Å²) >= 11 is 0. The van der Waals surface area contributed by atoms with Crippen molar-refractivity contribution in [1.82, 2.24) is 4.31 Å². The van der Waals surface area contributed by atoms with E-state index < -0.39 is 24.9 Å². The van der Waals surface area contributed by atoms with Crippen LogP contribution in [0.4, 0.5) is 5.69 Å². The van der Waals surface area contributed by atoms with Crippen molar-refractivity contribution in [2.45, 2.75) is 25.4 Å². The maximum Gasteiger partial charge on any atom is 0.229 e. The first-order valence-corrected chi connectivity index (χ1v) is 9.86. The van der Waals surface area contributed by atoms with Crippen molar-refractivity contribution in [3.05, 3.63) is 29.8 Å². The van der Waals surface area contributed by atoms with E-state index in [1.165, 1.54) is 4.31 Å². The lowest BCUT2D eigenvalue weighted by molar-refractivity contribution is 0.401. The summed E-state index contributed by atoms with van der Waals surface area (Å²) in [5, 5.41) is -0.842. The third-order valence-corrected chi connectivity index (χ3v) is 7.04. The van der Waals surface area contributed by atoms with Gasteiger partial charge in [0.15, 0.2) is 14.9 Å². The van der Waals surface area contributed by atoms with Crippen molar-refractivity contribution in [3.8, 4) is 0 Å². The molecule has 2 rings (SSSR count). The predicted octanol–water partition coefficient (Wildman–Crippen LogP) is 0.565. The van der Waals surface area contributed by atoms with E-state index in [9.17, 15) is 16.8 Å². The Morgan fingerprint density at radius 2 is 1.70 bits per heavy atom. The number of nitrogens with two attached hydrogens (primary N) is 1. The molecule has 0 aliphatic heterocycles. The van der Waals surface area contributed by atoms with Gasteiger partial charge in [-0.3, -0.25) is 0 Å². The van der Waals surface area contributed by atoms with Crippen LogP contribution in [0.2, 0.25) is 0 Å². The monoisotopic (exact) mass is 318 g/mol. The van der Waals surface area contributed by atoms with Crippen molar-refractivity contribution in [2.75, 3.05) is 17.1 Å². The lowest BCUT2D eigenvalue weighted by atomic mass is 10.2. The number of nitrogen functional groups attached to an aromatic ring is 1. The Kier molecular flexibility index (Phi) is 4.08. The number of hydrogen-bond acceptors (Lipinski definition) is 5. The van der Waals surface area contributed by atoms with Crippen molar-refractivity contribution in [1.29, 1.82) is 0 Å². The molecule has 0 unspecified atom stereocenters. The summed E-state index contributed by atoms with van der Waals surface area (Å²) < 4.78 is 48.3. The van der Waals surface area contributed by atoms with Gasteiger partial charge < -0.3 is 5.73 Å². The van der Waals surface area contributed by atoms with Gasteiger partial charge >= 0.3 is 0 Å². The lowest BCUT2D eigenvalue weighted by Crippen LogP contribution is -2.36. The van der Waals surface area contributed by atoms with E-state index in [0.717, 1.165) is 24.7 Å². The van der Waals surface area contributed by atoms with Crippen LogP contribution in [0.5, 0.6) is 0 Å². The second-order valence-corrected chi connectivity index (χ2v) is 9.60. The molecule has 0 atom stereocenters. The van der Waals surface area contributed by atoms with Crippen LogP contribution in [0.15, 0.2) is 24.3 Å². The van der Waals surface area contributed by atoms with Crippen molar-refractivity contribution < 1.29 is 16.8 Å². The average molecular weight is 318 g/mol. The Morgan fingerprint density at radius 1 is 1.15 bits per heavy atom. The van der Waals surface area contributed by atoms with Gasteiger partial charge in [-0.15, -0.1) is 0 Å². The van der Waals surface area contributed by atoms with E-state index in [0.29, 0.717) is 5.69 Å². The minimum atomic E-state index is -3.81. The molecule has 0 saturated heterocycles. The summed E-state index contributed by atoms with van der Waals surface area (Å²) in [5.74, 6) is 0. The molecule has 2 N–H and O–H groups in total. The molecule has 1 aromatic rings. The van der Waals surface area contributed by atoms with Crippen LogP contribution in [-0.2, 0) is 26.4 Å². The highest BCUT2D eigenvalue weighted by molar-refractivity contribution is 8.06. The topological polar surface area (TPSA) is 97.5 Å². The Morgan fingerprint density at radius 3 is 2.15 bits per heavy atom. The molecule has 0 bridgehead atoms. The lowest BCUT2D eigenvalue weighted by Gasteiger charge is -2.21. The fourth-order valence-corrected chi connectivity index (χ4v) is 5.67. The third-order valence-electron chi connectivity index (χ3n) is 2.99. The first-order valence-electron chi connectivity index (χ1n) is 6.19. The van der Waals surface area contributed by atoms with E-state index in [1.54, 1.807) is 24.3 Å². The van der Waals surface area contributed by atoms with E-state index in [-0.39, 0.29) is 12.6 Å². The van der Waals surface area contributed by atoms with Gasteiger partial charge in [0.25, 0.3) is 0 Å². The Hall–Kier alpha value is -1.12. The van der Waals surface area contributed by atoms with Crippen molar-refractivity contribution in [2.24, 2.45) is 0 Å². The molecule has 112 valence electrons. The smallest absolute Gasteiger partial charge is 0.229 e. The van der Waals surface area contributed by atoms with Crippen LogP contribution in [0.3, 0.4) is 0 Å². The maximum absolute atomic E-state index is 12.2. The van der Waals surface area contributed by atoms with Gasteiger partial charge in [0, 0.05) is 24.5 Å². The number of nitrogens with zero attached hydrogens (tertiary/aromatic N) is 1. The highest BCUT2D eigenvalue weighted by Crippen LogP contribution is 2.31. The Labute approximate surface area is 119 Å². The zero-order valence-corrected chi connectivity index (χ0v) is 12.8. The van der Waals surface area contributed by atoms with Crippen LogP contribution in [0.25, 0.3) is 0 Å². The largest absolute Gasteiger partial charge is 0.399 e. The van der Waals surface area contributed by atoms with E-state index in [4.69, 9.17) is 5.73 Å². The minimum absolute atomic E-state index is 0.0840. The summed E-state index contributed by atoms with van der Waals surface area (Å²) in [6.07, 6.45) is 2.48. The molecule has 8 heteroatoms. The highest BCUT2D eigenvalue weighted by Gasteiger charge is 2.38. The van der Waals surface area contributed by atoms with Crippen LogP contribution in [0.1, 0.15) is 18.4 Å². The van der Waals surface area contributed by atoms with Gasteiger partial charge in [0.2, 0.25) is 10.0 Å². The molecule has 1 aliphatic carbocycles. The molecule has 0 heterocycles. The molecule has 0 amide bonds. The summed E-state index contributed by atoms with van der Waals surface area (Å²) in [6, 6.07) is 6.81. The Balaban J connectivity index is 2.21. The molecule has 0 radical (unpaired) electrons. The van der Waals surface area contributed by atoms with Gasteiger partial charge in [-0.25, -0.2) is 16.8 Å². The van der Waals surface area contributed by atoms with Crippen LogP contribution < -0.4 is 5.73 Å². The van der Waals surface area contributed by atoms with E-state index >= 15 is 0 Å². The fourth-order valence-electron chi connectivity index (χ4n) is 1.96. The van der Waals surface area contributed by atoms with Gasteiger partial charge in [-0.2, -0.15) is 4.31 Å². The molecule has 6 nitrogen and oxygen atoms in total. The van der Waals surface area contributed by atoms with Gasteiger partial charge in [0.05, 0.1) is 0 Å². The number of sulfone groups is 1. The molecule has 1 saturated carbocycles. The first-order chi connectivity index (χ1) is 9.17. The standard InChI is InChI=1S/C12H18N2O4S2/c1-19(15,16)9-20(17,18)14(12-6-7-12)8-10-2-4-11(13)5-3-10/h2-5,12H,6-9,13H2,1H3. The fraction of sp³-hybridized carbons (Fsp3) is 0.500.